The Morgan fingerprint density at radius 3 is 2.68 bits per heavy atom. The number of carbonyl (C=O) groups excluding carboxylic acids is 1. The van der Waals surface area contributed by atoms with Crippen molar-refractivity contribution in [2.24, 2.45) is 0 Å². The second-order valence-electron chi connectivity index (χ2n) is 5.26. The summed E-state index contributed by atoms with van der Waals surface area (Å²) in [6.07, 6.45) is -3.25. The van der Waals surface area contributed by atoms with Gasteiger partial charge in [0.15, 0.2) is 5.72 Å². The fourth-order valence-corrected chi connectivity index (χ4v) is 2.11. The molecule has 0 aliphatic carbocycles. The van der Waals surface area contributed by atoms with Gasteiger partial charge in [0, 0.05) is 11.6 Å². The van der Waals surface area contributed by atoms with Crippen molar-refractivity contribution in [3.8, 4) is 5.75 Å². The second kappa shape index (κ2) is 5.55. The summed E-state index contributed by atoms with van der Waals surface area (Å²) in [6.45, 7) is 5.17. The van der Waals surface area contributed by atoms with Crippen molar-refractivity contribution >= 4 is 11.7 Å². The molecule has 1 aliphatic rings. The van der Waals surface area contributed by atoms with Crippen molar-refractivity contribution in [3.05, 3.63) is 35.4 Å². The average Bonchev–Trinajstić information content (AvgIpc) is 2.35. The van der Waals surface area contributed by atoms with Crippen LogP contribution in [0.1, 0.15) is 31.9 Å². The highest BCUT2D eigenvalue weighted by Gasteiger charge is 2.35. The van der Waals surface area contributed by atoms with E-state index in [1.54, 1.807) is 20.8 Å². The average molecular weight is 315 g/mol. The van der Waals surface area contributed by atoms with Crippen LogP contribution in [0.25, 0.3) is 5.70 Å². The fraction of sp³-hybridized carbons (Fsp3) is 0.400. The Balaban J connectivity index is 2.48. The van der Waals surface area contributed by atoms with Crippen LogP contribution in [0.3, 0.4) is 0 Å². The maximum Gasteiger partial charge on any atom is 0.416 e. The van der Waals surface area contributed by atoms with Crippen molar-refractivity contribution in [1.29, 1.82) is 0 Å². The molecule has 1 aromatic rings. The lowest BCUT2D eigenvalue weighted by Gasteiger charge is -2.36. The van der Waals surface area contributed by atoms with E-state index in [2.05, 4.69) is 5.32 Å². The summed E-state index contributed by atoms with van der Waals surface area (Å²) < 4.78 is 48.7. The second-order valence-corrected chi connectivity index (χ2v) is 5.26. The first-order valence-electron chi connectivity index (χ1n) is 6.69. The molecule has 1 aliphatic heterocycles. The Morgan fingerprint density at radius 1 is 1.41 bits per heavy atom. The summed E-state index contributed by atoms with van der Waals surface area (Å²) in [5.74, 6) is -0.511. The maximum absolute atomic E-state index is 12.8. The van der Waals surface area contributed by atoms with Crippen LogP contribution in [0.2, 0.25) is 0 Å². The van der Waals surface area contributed by atoms with Crippen LogP contribution < -0.4 is 10.1 Å². The van der Waals surface area contributed by atoms with Crippen LogP contribution in [-0.4, -0.2) is 18.3 Å². The highest BCUT2D eigenvalue weighted by Crippen LogP contribution is 2.38. The normalized spacial score (nSPS) is 18.2. The largest absolute Gasteiger partial charge is 0.468 e. The number of alkyl halides is 3. The summed E-state index contributed by atoms with van der Waals surface area (Å²) in [4.78, 5) is 11.6. The number of halogens is 3. The van der Waals surface area contributed by atoms with Crippen LogP contribution >= 0.6 is 0 Å². The summed E-state index contributed by atoms with van der Waals surface area (Å²) in [7, 11) is 0. The van der Waals surface area contributed by atoms with Crippen molar-refractivity contribution in [2.75, 3.05) is 6.61 Å². The topological polar surface area (TPSA) is 47.6 Å². The highest BCUT2D eigenvalue weighted by atomic mass is 19.4. The molecule has 1 aromatic carbocycles. The predicted octanol–water partition coefficient (Wildman–Crippen LogP) is 3.33. The summed E-state index contributed by atoms with van der Waals surface area (Å²) in [5.41, 5.74) is -1.02. The van der Waals surface area contributed by atoms with Crippen molar-refractivity contribution in [3.63, 3.8) is 0 Å². The molecule has 22 heavy (non-hydrogen) atoms. The zero-order chi connectivity index (χ0) is 16.5. The molecule has 2 rings (SSSR count). The van der Waals surface area contributed by atoms with Gasteiger partial charge < -0.3 is 14.8 Å². The van der Waals surface area contributed by atoms with E-state index in [0.29, 0.717) is 11.3 Å². The number of hydrogen-bond donors (Lipinski definition) is 1. The molecular formula is C15H16F3NO3. The Morgan fingerprint density at radius 2 is 2.09 bits per heavy atom. The van der Waals surface area contributed by atoms with Crippen LogP contribution in [0.5, 0.6) is 5.75 Å². The van der Waals surface area contributed by atoms with E-state index >= 15 is 0 Å². The predicted molar refractivity (Wildman–Crippen MR) is 73.9 cm³/mol. The van der Waals surface area contributed by atoms with Gasteiger partial charge in [-0.15, -0.1) is 0 Å². The standard InChI is InChI=1S/C15H16F3NO3/c1-4-21-13(20)8-11-10-6-5-9(15(16,17)18)7-12(10)22-14(2,3)19-11/h5-8,19H,4H2,1-3H3/b11-8-. The van der Waals surface area contributed by atoms with E-state index in [4.69, 9.17) is 9.47 Å². The van der Waals surface area contributed by atoms with Gasteiger partial charge in [-0.05, 0) is 39.0 Å². The zero-order valence-electron chi connectivity index (χ0n) is 12.4. The number of esters is 1. The zero-order valence-corrected chi connectivity index (χ0v) is 12.4. The molecule has 0 bridgehead atoms. The molecule has 0 aromatic heterocycles. The van der Waals surface area contributed by atoms with Gasteiger partial charge in [-0.2, -0.15) is 13.2 Å². The summed E-state index contributed by atoms with van der Waals surface area (Å²) in [6, 6.07) is 3.14. The first-order chi connectivity index (χ1) is 10.1. The monoisotopic (exact) mass is 315 g/mol. The van der Waals surface area contributed by atoms with E-state index in [0.717, 1.165) is 12.1 Å². The van der Waals surface area contributed by atoms with E-state index in [1.165, 1.54) is 12.1 Å². The lowest BCUT2D eigenvalue weighted by atomic mass is 10.0. The van der Waals surface area contributed by atoms with Gasteiger partial charge in [0.1, 0.15) is 5.75 Å². The Hall–Kier alpha value is -2.18. The number of hydrogen-bond acceptors (Lipinski definition) is 4. The van der Waals surface area contributed by atoms with Gasteiger partial charge in [-0.3, -0.25) is 0 Å². The van der Waals surface area contributed by atoms with E-state index in [1.807, 2.05) is 0 Å². The third kappa shape index (κ3) is 3.52. The first-order valence-corrected chi connectivity index (χ1v) is 6.69. The number of rotatable bonds is 2. The molecule has 0 spiro atoms. The van der Waals surface area contributed by atoms with Crippen LogP contribution in [-0.2, 0) is 15.7 Å². The fourth-order valence-electron chi connectivity index (χ4n) is 2.11. The highest BCUT2D eigenvalue weighted by molar-refractivity contribution is 5.92. The number of ether oxygens (including phenoxy) is 2. The minimum Gasteiger partial charge on any atom is -0.468 e. The molecule has 0 unspecified atom stereocenters. The van der Waals surface area contributed by atoms with Gasteiger partial charge in [-0.1, -0.05) is 0 Å². The molecule has 1 N–H and O–H groups in total. The van der Waals surface area contributed by atoms with E-state index in [-0.39, 0.29) is 12.4 Å². The molecule has 0 saturated carbocycles. The Labute approximate surface area is 125 Å². The third-order valence-electron chi connectivity index (χ3n) is 2.95. The lowest BCUT2D eigenvalue weighted by Crippen LogP contribution is -2.46. The smallest absolute Gasteiger partial charge is 0.416 e. The third-order valence-corrected chi connectivity index (χ3v) is 2.95. The van der Waals surface area contributed by atoms with Crippen molar-refractivity contribution < 1.29 is 27.4 Å². The Bertz CT molecular complexity index is 621. The Kier molecular flexibility index (Phi) is 4.08. The molecule has 0 fully saturated rings. The maximum atomic E-state index is 12.8. The number of benzene rings is 1. The summed E-state index contributed by atoms with van der Waals surface area (Å²) in [5, 5.41) is 2.95. The minimum absolute atomic E-state index is 0.0640. The molecule has 0 atom stereocenters. The molecule has 0 saturated heterocycles. The molecule has 1 heterocycles. The van der Waals surface area contributed by atoms with Crippen LogP contribution in [0.4, 0.5) is 13.2 Å². The molecule has 120 valence electrons. The van der Waals surface area contributed by atoms with Gasteiger partial charge in [-0.25, -0.2) is 4.79 Å². The molecule has 4 nitrogen and oxygen atoms in total. The van der Waals surface area contributed by atoms with Gasteiger partial charge in [0.25, 0.3) is 0 Å². The van der Waals surface area contributed by atoms with Crippen LogP contribution in [0.15, 0.2) is 24.3 Å². The first kappa shape index (κ1) is 16.2. The molecule has 7 heteroatoms. The van der Waals surface area contributed by atoms with E-state index in [9.17, 15) is 18.0 Å². The molecule has 0 radical (unpaired) electrons. The summed E-state index contributed by atoms with van der Waals surface area (Å²) >= 11 is 0. The minimum atomic E-state index is -4.46. The molecule has 0 amide bonds. The number of carbonyl (C=O) groups is 1. The van der Waals surface area contributed by atoms with Crippen molar-refractivity contribution in [1.82, 2.24) is 5.32 Å². The van der Waals surface area contributed by atoms with Gasteiger partial charge >= 0.3 is 12.1 Å². The molecular weight excluding hydrogens is 299 g/mol. The van der Waals surface area contributed by atoms with Crippen LogP contribution in [0, 0.1) is 0 Å². The van der Waals surface area contributed by atoms with Crippen molar-refractivity contribution in [2.45, 2.75) is 32.7 Å². The van der Waals surface area contributed by atoms with E-state index < -0.39 is 23.4 Å². The lowest BCUT2D eigenvalue weighted by molar-refractivity contribution is -0.138. The van der Waals surface area contributed by atoms with Gasteiger partial charge in [0.2, 0.25) is 0 Å². The SMILES string of the molecule is CCOC(=O)/C=C1\NC(C)(C)Oc2cc(C(F)(F)F)ccc21. The van der Waals surface area contributed by atoms with Gasteiger partial charge in [0.05, 0.1) is 17.9 Å². The number of fused-ring (bicyclic) bond motifs is 1. The quantitative estimate of drug-likeness (QED) is 0.672. The number of nitrogens with one attached hydrogen (secondary N) is 1.